The minimum atomic E-state index is -0.557. The van der Waals surface area contributed by atoms with Gasteiger partial charge in [-0.15, -0.1) is 10.2 Å². The van der Waals surface area contributed by atoms with E-state index in [0.717, 1.165) is 17.8 Å². The van der Waals surface area contributed by atoms with Crippen molar-refractivity contribution in [2.45, 2.75) is 44.9 Å². The van der Waals surface area contributed by atoms with E-state index in [9.17, 15) is 9.59 Å². The summed E-state index contributed by atoms with van der Waals surface area (Å²) in [5.74, 6) is 0.580. The average molecular weight is 375 g/mol. The Morgan fingerprint density at radius 3 is 2.58 bits per heavy atom. The summed E-state index contributed by atoms with van der Waals surface area (Å²) in [6, 6.07) is 9.26. The van der Waals surface area contributed by atoms with E-state index in [1.807, 2.05) is 48.7 Å². The van der Waals surface area contributed by atoms with Crippen molar-refractivity contribution in [2.75, 3.05) is 12.3 Å². The van der Waals surface area contributed by atoms with Gasteiger partial charge < -0.3 is 15.2 Å². The zero-order chi connectivity index (χ0) is 18.9. The highest BCUT2D eigenvalue weighted by Gasteiger charge is 2.17. The first-order valence-corrected chi connectivity index (χ1v) is 9.73. The highest BCUT2D eigenvalue weighted by atomic mass is 32.2. The number of aromatic nitrogens is 3. The number of benzene rings is 1. The summed E-state index contributed by atoms with van der Waals surface area (Å²) in [7, 11) is 0. The van der Waals surface area contributed by atoms with Gasteiger partial charge in [0.05, 0.1) is 5.75 Å². The quantitative estimate of drug-likeness (QED) is 0.655. The number of hydrogen-bond donors (Lipinski definition) is 2. The maximum Gasteiger partial charge on any atom is 0.242 e. The minimum Gasteiger partial charge on any atom is -0.354 e. The van der Waals surface area contributed by atoms with Crippen molar-refractivity contribution >= 4 is 23.6 Å². The normalized spacial score (nSPS) is 11.8. The second kappa shape index (κ2) is 9.96. The van der Waals surface area contributed by atoms with E-state index in [-0.39, 0.29) is 17.6 Å². The molecule has 26 heavy (non-hydrogen) atoms. The van der Waals surface area contributed by atoms with Crippen LogP contribution in [0.1, 0.15) is 27.2 Å². The molecule has 0 aliphatic heterocycles. The molecule has 2 aromatic rings. The van der Waals surface area contributed by atoms with Gasteiger partial charge in [0.1, 0.15) is 6.04 Å². The lowest BCUT2D eigenvalue weighted by molar-refractivity contribution is -0.127. The number of carbonyl (C=O) groups excluding carboxylic acids is 2. The van der Waals surface area contributed by atoms with Crippen LogP contribution in [-0.2, 0) is 16.1 Å². The second-order valence-electron chi connectivity index (χ2n) is 5.79. The van der Waals surface area contributed by atoms with Crippen molar-refractivity contribution in [2.24, 2.45) is 0 Å². The molecule has 1 aromatic heterocycles. The number of hydrogen-bond acceptors (Lipinski definition) is 5. The van der Waals surface area contributed by atoms with E-state index >= 15 is 0 Å². The van der Waals surface area contributed by atoms with Gasteiger partial charge in [0.2, 0.25) is 11.8 Å². The van der Waals surface area contributed by atoms with Crippen LogP contribution in [0, 0.1) is 0 Å². The van der Waals surface area contributed by atoms with Crippen LogP contribution in [0.3, 0.4) is 0 Å². The zero-order valence-electron chi connectivity index (χ0n) is 15.4. The summed E-state index contributed by atoms with van der Waals surface area (Å²) in [4.78, 5) is 23.9. The summed E-state index contributed by atoms with van der Waals surface area (Å²) in [6.07, 6.45) is 0.860. The predicted octanol–water partition coefficient (Wildman–Crippen LogP) is 2.09. The lowest BCUT2D eigenvalue weighted by atomic mass is 10.2. The first-order valence-electron chi connectivity index (χ1n) is 8.75. The van der Waals surface area contributed by atoms with Crippen LogP contribution >= 0.6 is 11.8 Å². The number of amides is 2. The molecule has 2 rings (SSSR count). The summed E-state index contributed by atoms with van der Waals surface area (Å²) in [5, 5.41) is 14.6. The molecule has 1 aromatic carbocycles. The maximum atomic E-state index is 12.1. The van der Waals surface area contributed by atoms with Crippen LogP contribution in [0.4, 0.5) is 0 Å². The van der Waals surface area contributed by atoms with E-state index in [1.54, 1.807) is 6.92 Å². The van der Waals surface area contributed by atoms with Gasteiger partial charge in [-0.3, -0.25) is 9.59 Å². The Morgan fingerprint density at radius 1 is 1.19 bits per heavy atom. The van der Waals surface area contributed by atoms with Crippen molar-refractivity contribution in [1.29, 1.82) is 0 Å². The molecule has 0 spiro atoms. The first-order chi connectivity index (χ1) is 12.6. The molecule has 7 nitrogen and oxygen atoms in total. The fourth-order valence-electron chi connectivity index (χ4n) is 2.36. The molecule has 0 saturated carbocycles. The molecule has 2 N–H and O–H groups in total. The molecule has 140 valence electrons. The molecule has 0 aliphatic rings. The number of rotatable bonds is 9. The van der Waals surface area contributed by atoms with E-state index < -0.39 is 6.04 Å². The van der Waals surface area contributed by atoms with Gasteiger partial charge in [0.15, 0.2) is 11.0 Å². The summed E-state index contributed by atoms with van der Waals surface area (Å²) < 4.78 is 1.98. The Kier molecular flexibility index (Phi) is 7.65. The number of thioether (sulfide) groups is 1. The van der Waals surface area contributed by atoms with Crippen molar-refractivity contribution in [3.05, 3.63) is 30.3 Å². The van der Waals surface area contributed by atoms with E-state index in [0.29, 0.717) is 18.2 Å². The van der Waals surface area contributed by atoms with Crippen molar-refractivity contribution in [3.8, 4) is 11.4 Å². The molecule has 8 heteroatoms. The Hall–Kier alpha value is -2.35. The van der Waals surface area contributed by atoms with Crippen molar-refractivity contribution in [3.63, 3.8) is 0 Å². The van der Waals surface area contributed by atoms with Crippen molar-refractivity contribution < 1.29 is 9.59 Å². The maximum absolute atomic E-state index is 12.1. The monoisotopic (exact) mass is 375 g/mol. The van der Waals surface area contributed by atoms with Crippen LogP contribution in [0.15, 0.2) is 35.5 Å². The first kappa shape index (κ1) is 20.0. The van der Waals surface area contributed by atoms with E-state index in [4.69, 9.17) is 0 Å². The highest BCUT2D eigenvalue weighted by molar-refractivity contribution is 7.99. The van der Waals surface area contributed by atoms with Gasteiger partial charge in [-0.2, -0.15) is 0 Å². The van der Waals surface area contributed by atoms with E-state index in [2.05, 4.69) is 20.8 Å². The second-order valence-corrected chi connectivity index (χ2v) is 6.73. The Morgan fingerprint density at radius 2 is 1.92 bits per heavy atom. The predicted molar refractivity (Wildman–Crippen MR) is 103 cm³/mol. The molecule has 1 atom stereocenters. The van der Waals surface area contributed by atoms with Crippen molar-refractivity contribution in [1.82, 2.24) is 25.4 Å². The lowest BCUT2D eigenvalue weighted by Crippen LogP contribution is -2.45. The molecule has 0 radical (unpaired) electrons. The number of nitrogens with one attached hydrogen (secondary N) is 2. The summed E-state index contributed by atoms with van der Waals surface area (Å²) in [5.41, 5.74) is 0.986. The molecule has 0 bridgehead atoms. The van der Waals surface area contributed by atoms with Gasteiger partial charge in [-0.25, -0.2) is 0 Å². The Labute approximate surface area is 158 Å². The number of nitrogens with zero attached hydrogens (tertiary/aromatic N) is 3. The topological polar surface area (TPSA) is 88.9 Å². The van der Waals surface area contributed by atoms with Crippen LogP contribution < -0.4 is 10.6 Å². The van der Waals surface area contributed by atoms with Gasteiger partial charge in [-0.1, -0.05) is 49.0 Å². The average Bonchev–Trinajstić information content (AvgIpc) is 3.07. The number of carbonyl (C=O) groups is 2. The van der Waals surface area contributed by atoms with E-state index in [1.165, 1.54) is 11.8 Å². The Balaban J connectivity index is 1.94. The molecule has 0 unspecified atom stereocenters. The lowest BCUT2D eigenvalue weighted by Gasteiger charge is -2.13. The van der Waals surface area contributed by atoms with Crippen LogP contribution in [0.2, 0.25) is 0 Å². The van der Waals surface area contributed by atoms with Gasteiger partial charge in [0, 0.05) is 18.7 Å². The third-order valence-electron chi connectivity index (χ3n) is 3.72. The third-order valence-corrected chi connectivity index (χ3v) is 4.68. The largest absolute Gasteiger partial charge is 0.354 e. The van der Waals surface area contributed by atoms with Gasteiger partial charge in [0.25, 0.3) is 0 Å². The molecular weight excluding hydrogens is 350 g/mol. The SMILES string of the molecule is CCCNC(=O)[C@H](C)NC(=O)CSc1nnc(-c2ccccc2)n1CC. The standard InChI is InChI=1S/C18H25N5O2S/c1-4-11-19-17(25)13(3)20-15(24)12-26-18-22-21-16(23(18)5-2)14-9-7-6-8-10-14/h6-10,13H,4-5,11-12H2,1-3H3,(H,19,25)(H,20,24)/t13-/m0/s1. The van der Waals surface area contributed by atoms with Crippen LogP contribution in [0.5, 0.6) is 0 Å². The van der Waals surface area contributed by atoms with Gasteiger partial charge in [-0.05, 0) is 20.3 Å². The fourth-order valence-corrected chi connectivity index (χ4v) is 3.17. The molecule has 1 heterocycles. The minimum absolute atomic E-state index is 0.173. The fraction of sp³-hybridized carbons (Fsp3) is 0.444. The highest BCUT2D eigenvalue weighted by Crippen LogP contribution is 2.23. The summed E-state index contributed by atoms with van der Waals surface area (Å²) >= 11 is 1.31. The third kappa shape index (κ3) is 5.32. The van der Waals surface area contributed by atoms with Gasteiger partial charge >= 0.3 is 0 Å². The molecule has 2 amide bonds. The molecular formula is C18H25N5O2S. The Bertz CT molecular complexity index is 732. The molecule has 0 fully saturated rings. The smallest absolute Gasteiger partial charge is 0.242 e. The van der Waals surface area contributed by atoms with Crippen LogP contribution in [-0.4, -0.2) is 44.9 Å². The van der Waals surface area contributed by atoms with Crippen LogP contribution in [0.25, 0.3) is 11.4 Å². The zero-order valence-corrected chi connectivity index (χ0v) is 16.2. The molecule has 0 aliphatic carbocycles. The summed E-state index contributed by atoms with van der Waals surface area (Å²) in [6.45, 7) is 6.98. The molecule has 0 saturated heterocycles.